The maximum atomic E-state index is 9.98. The summed E-state index contributed by atoms with van der Waals surface area (Å²) >= 11 is 0. The Morgan fingerprint density at radius 3 is 2.16 bits per heavy atom. The Morgan fingerprint density at radius 1 is 0.880 bits per heavy atom. The van der Waals surface area contributed by atoms with E-state index in [1.807, 2.05) is 0 Å². The van der Waals surface area contributed by atoms with Gasteiger partial charge in [-0.25, -0.2) is 0 Å². The zero-order valence-electron chi connectivity index (χ0n) is 13.7. The summed E-state index contributed by atoms with van der Waals surface area (Å²) in [7, 11) is 0. The van der Waals surface area contributed by atoms with Crippen LogP contribution in [0.5, 0.6) is 0 Å². The van der Waals surface area contributed by atoms with Gasteiger partial charge in [0, 0.05) is 0 Å². The Bertz CT molecular complexity index is 408. The minimum absolute atomic E-state index is 0.160. The third-order valence-corrected chi connectivity index (χ3v) is 4.05. The summed E-state index contributed by atoms with van der Waals surface area (Å²) in [5, 5.41) is 67.7. The molecule has 10 atom stereocenters. The second-order valence-electron chi connectivity index (χ2n) is 6.28. The highest BCUT2D eigenvalue weighted by Gasteiger charge is 2.45. The highest BCUT2D eigenvalue weighted by atomic mass is 16.7. The van der Waals surface area contributed by atoms with E-state index in [1.54, 1.807) is 0 Å². The molecule has 0 radical (unpaired) electrons. The average Bonchev–Trinajstić information content (AvgIpc) is 2.57. The molecule has 0 aliphatic carbocycles. The molecule has 0 aromatic rings. The number of rotatable bonds is 6. The maximum absolute atomic E-state index is 9.98. The molecule has 0 aromatic carbocycles. The van der Waals surface area contributed by atoms with Gasteiger partial charge in [-0.3, -0.25) is 0 Å². The molecule has 7 N–H and O–H groups in total. The standard InChI is InChI=1S/C14H26O11/c1-5(15)2-22-14-12(21)10(19)9(18)7(25-14)4-24-13-11(20)8(17)6(16)3-23-13/h5-21H,2-4H2,1H3/t5-,6-,7-,8+,9-,10+,11-,12-,13+,14-/m1/s1. The van der Waals surface area contributed by atoms with Crippen LogP contribution in [0.2, 0.25) is 0 Å². The van der Waals surface area contributed by atoms with Crippen LogP contribution in [0.1, 0.15) is 6.92 Å². The summed E-state index contributed by atoms with van der Waals surface area (Å²) in [6.07, 6.45) is -13.3. The van der Waals surface area contributed by atoms with Crippen molar-refractivity contribution in [3.05, 3.63) is 0 Å². The van der Waals surface area contributed by atoms with Crippen LogP contribution in [0.15, 0.2) is 0 Å². The van der Waals surface area contributed by atoms with E-state index in [0.717, 1.165) is 0 Å². The van der Waals surface area contributed by atoms with Crippen molar-refractivity contribution in [3.63, 3.8) is 0 Å². The van der Waals surface area contributed by atoms with Crippen LogP contribution in [-0.4, -0.2) is 117 Å². The van der Waals surface area contributed by atoms with E-state index in [1.165, 1.54) is 6.92 Å². The van der Waals surface area contributed by atoms with E-state index in [4.69, 9.17) is 18.9 Å². The maximum Gasteiger partial charge on any atom is 0.186 e. The number of hydrogen-bond donors (Lipinski definition) is 7. The molecule has 0 spiro atoms. The van der Waals surface area contributed by atoms with Gasteiger partial charge in [0.2, 0.25) is 0 Å². The fraction of sp³-hybridized carbons (Fsp3) is 1.00. The molecule has 0 amide bonds. The monoisotopic (exact) mass is 370 g/mol. The van der Waals surface area contributed by atoms with E-state index in [9.17, 15) is 35.7 Å². The summed E-state index contributed by atoms with van der Waals surface area (Å²) in [5.41, 5.74) is 0. The first kappa shape index (κ1) is 20.9. The third-order valence-electron chi connectivity index (χ3n) is 4.05. The molecule has 0 aromatic heterocycles. The first-order valence-electron chi connectivity index (χ1n) is 7.99. The van der Waals surface area contributed by atoms with Gasteiger partial charge in [-0.2, -0.15) is 0 Å². The van der Waals surface area contributed by atoms with Gasteiger partial charge in [0.1, 0.15) is 42.7 Å². The molecule has 25 heavy (non-hydrogen) atoms. The van der Waals surface area contributed by atoms with Crippen molar-refractivity contribution < 1.29 is 54.7 Å². The minimum Gasteiger partial charge on any atom is -0.391 e. The molecule has 2 aliphatic rings. The Balaban J connectivity index is 1.91. The van der Waals surface area contributed by atoms with Gasteiger partial charge >= 0.3 is 0 Å². The fourth-order valence-electron chi connectivity index (χ4n) is 2.54. The van der Waals surface area contributed by atoms with E-state index in [0.29, 0.717) is 0 Å². The van der Waals surface area contributed by atoms with E-state index in [-0.39, 0.29) is 19.8 Å². The minimum atomic E-state index is -1.58. The summed E-state index contributed by atoms with van der Waals surface area (Å²) in [6, 6.07) is 0. The fourth-order valence-corrected chi connectivity index (χ4v) is 2.54. The van der Waals surface area contributed by atoms with Crippen LogP contribution in [-0.2, 0) is 18.9 Å². The zero-order valence-corrected chi connectivity index (χ0v) is 13.7. The smallest absolute Gasteiger partial charge is 0.186 e. The SMILES string of the molecule is C[C@@H](O)CO[C@@H]1O[C@H](CO[C@@H]2OC[C@@H](O)[C@H](O)[C@H]2O)[C@@H](O)[C@H](O)[C@H]1O. The predicted octanol–water partition coefficient (Wildman–Crippen LogP) is -4.35. The summed E-state index contributed by atoms with van der Waals surface area (Å²) in [4.78, 5) is 0. The second kappa shape index (κ2) is 8.97. The van der Waals surface area contributed by atoms with Crippen molar-refractivity contribution in [2.75, 3.05) is 19.8 Å². The number of aliphatic hydroxyl groups is 7. The lowest BCUT2D eigenvalue weighted by Crippen LogP contribution is -2.60. The van der Waals surface area contributed by atoms with Crippen molar-refractivity contribution in [2.24, 2.45) is 0 Å². The largest absolute Gasteiger partial charge is 0.391 e. The molecular formula is C14H26O11. The topological polar surface area (TPSA) is 179 Å². The highest BCUT2D eigenvalue weighted by Crippen LogP contribution is 2.24. The molecule has 11 heteroatoms. The van der Waals surface area contributed by atoms with Crippen molar-refractivity contribution in [2.45, 2.75) is 68.3 Å². The first-order valence-corrected chi connectivity index (χ1v) is 7.99. The number of ether oxygens (including phenoxy) is 4. The van der Waals surface area contributed by atoms with Gasteiger partial charge in [-0.05, 0) is 6.92 Å². The molecule has 2 saturated heterocycles. The van der Waals surface area contributed by atoms with Crippen LogP contribution < -0.4 is 0 Å². The van der Waals surface area contributed by atoms with Gasteiger partial charge in [0.15, 0.2) is 12.6 Å². The number of aliphatic hydroxyl groups excluding tert-OH is 7. The Labute approximate surface area is 143 Å². The van der Waals surface area contributed by atoms with Crippen molar-refractivity contribution in [3.8, 4) is 0 Å². The summed E-state index contributed by atoms with van der Waals surface area (Å²) in [6.45, 7) is 0.692. The molecule has 2 aliphatic heterocycles. The van der Waals surface area contributed by atoms with Crippen molar-refractivity contribution >= 4 is 0 Å². The molecule has 2 fully saturated rings. The average molecular weight is 370 g/mol. The van der Waals surface area contributed by atoms with E-state index in [2.05, 4.69) is 0 Å². The lowest BCUT2D eigenvalue weighted by atomic mass is 9.99. The van der Waals surface area contributed by atoms with Crippen LogP contribution in [0.3, 0.4) is 0 Å². The molecular weight excluding hydrogens is 344 g/mol. The quantitative estimate of drug-likeness (QED) is 0.240. The van der Waals surface area contributed by atoms with Crippen molar-refractivity contribution in [1.82, 2.24) is 0 Å². The second-order valence-corrected chi connectivity index (χ2v) is 6.28. The summed E-state index contributed by atoms with van der Waals surface area (Å²) in [5.74, 6) is 0. The first-order chi connectivity index (χ1) is 11.7. The Kier molecular flexibility index (Phi) is 7.49. The highest BCUT2D eigenvalue weighted by molar-refractivity contribution is 4.90. The number of hydrogen-bond acceptors (Lipinski definition) is 11. The molecule has 0 bridgehead atoms. The predicted molar refractivity (Wildman–Crippen MR) is 78.0 cm³/mol. The Morgan fingerprint density at radius 2 is 1.52 bits per heavy atom. The van der Waals surface area contributed by atoms with Gasteiger partial charge in [0.05, 0.1) is 25.9 Å². The van der Waals surface area contributed by atoms with Crippen LogP contribution in [0, 0.1) is 0 Å². The lowest BCUT2D eigenvalue weighted by Gasteiger charge is -2.41. The zero-order chi connectivity index (χ0) is 18.7. The molecule has 2 heterocycles. The van der Waals surface area contributed by atoms with Gasteiger partial charge < -0.3 is 54.7 Å². The van der Waals surface area contributed by atoms with Crippen LogP contribution in [0.25, 0.3) is 0 Å². The van der Waals surface area contributed by atoms with Crippen LogP contribution in [0.4, 0.5) is 0 Å². The van der Waals surface area contributed by atoms with E-state index < -0.39 is 61.4 Å². The van der Waals surface area contributed by atoms with E-state index >= 15 is 0 Å². The molecule has 2 rings (SSSR count). The Hall–Kier alpha value is -0.440. The summed E-state index contributed by atoms with van der Waals surface area (Å²) < 4.78 is 20.8. The normalized spacial score (nSPS) is 46.8. The molecule has 11 nitrogen and oxygen atoms in total. The molecule has 148 valence electrons. The van der Waals surface area contributed by atoms with Crippen LogP contribution >= 0.6 is 0 Å². The van der Waals surface area contributed by atoms with Gasteiger partial charge in [-0.1, -0.05) is 0 Å². The molecule has 0 saturated carbocycles. The third kappa shape index (κ3) is 5.05. The van der Waals surface area contributed by atoms with Gasteiger partial charge in [-0.15, -0.1) is 0 Å². The van der Waals surface area contributed by atoms with Gasteiger partial charge in [0.25, 0.3) is 0 Å². The van der Waals surface area contributed by atoms with Crippen molar-refractivity contribution in [1.29, 1.82) is 0 Å². The molecule has 0 unspecified atom stereocenters. The lowest BCUT2D eigenvalue weighted by molar-refractivity contribution is -0.322.